The molecule has 0 aliphatic heterocycles. The van der Waals surface area contributed by atoms with Crippen molar-refractivity contribution in [2.75, 3.05) is 27.4 Å². The number of ether oxygens (including phenoxy) is 2. The molecule has 4 rings (SSSR count). The van der Waals surface area contributed by atoms with Gasteiger partial charge in [0.15, 0.2) is 0 Å². The van der Waals surface area contributed by atoms with E-state index in [1.807, 2.05) is 24.3 Å². The van der Waals surface area contributed by atoms with Crippen LogP contribution in [0, 0.1) is 0 Å². The van der Waals surface area contributed by atoms with E-state index in [9.17, 15) is 9.90 Å². The smallest absolute Gasteiger partial charge is 0.264 e. The number of aryl methyl sites for hydroxylation is 2. The molecule has 0 saturated heterocycles. The Bertz CT molecular complexity index is 1060. The zero-order chi connectivity index (χ0) is 21.1. The first-order chi connectivity index (χ1) is 14.6. The van der Waals surface area contributed by atoms with E-state index < -0.39 is 0 Å². The van der Waals surface area contributed by atoms with Crippen LogP contribution in [0.3, 0.4) is 0 Å². The second-order valence-corrected chi connectivity index (χ2v) is 8.30. The van der Waals surface area contributed by atoms with Gasteiger partial charge in [-0.3, -0.25) is 4.79 Å². The minimum Gasteiger partial charge on any atom is -0.497 e. The van der Waals surface area contributed by atoms with Crippen molar-refractivity contribution in [2.24, 2.45) is 0 Å². The standard InChI is InChI=1S/C24H25NO4S/c1-28-19-10-9-18(21(14-19)29-2)15-25(11-12-26)24(27)22-13-17-8-7-16-5-3-4-6-20(16)23(17)30-22/h3-6,9-10,13-14,26H,7-8,11-12,15H2,1-2H3. The molecule has 1 N–H and O–H groups in total. The van der Waals surface area contributed by atoms with Gasteiger partial charge < -0.3 is 19.5 Å². The van der Waals surface area contributed by atoms with Crippen LogP contribution in [0.2, 0.25) is 0 Å². The molecule has 5 nitrogen and oxygen atoms in total. The first-order valence-corrected chi connectivity index (χ1v) is 10.8. The van der Waals surface area contributed by atoms with Gasteiger partial charge >= 0.3 is 0 Å². The quantitative estimate of drug-likeness (QED) is 0.620. The summed E-state index contributed by atoms with van der Waals surface area (Å²) in [6.45, 7) is 0.511. The van der Waals surface area contributed by atoms with Gasteiger partial charge in [0, 0.05) is 29.6 Å². The second-order valence-electron chi connectivity index (χ2n) is 7.25. The van der Waals surface area contributed by atoms with Gasteiger partial charge in [0.2, 0.25) is 0 Å². The summed E-state index contributed by atoms with van der Waals surface area (Å²) in [6, 6.07) is 16.0. The molecular formula is C24H25NO4S. The lowest BCUT2D eigenvalue weighted by Gasteiger charge is -2.22. The molecule has 0 fully saturated rings. The van der Waals surface area contributed by atoms with Crippen LogP contribution in [0.25, 0.3) is 10.4 Å². The third-order valence-electron chi connectivity index (χ3n) is 5.46. The maximum atomic E-state index is 13.4. The van der Waals surface area contributed by atoms with E-state index in [0.29, 0.717) is 22.9 Å². The molecule has 1 aliphatic rings. The lowest BCUT2D eigenvalue weighted by atomic mass is 9.91. The van der Waals surface area contributed by atoms with E-state index in [0.717, 1.165) is 18.4 Å². The van der Waals surface area contributed by atoms with Crippen LogP contribution in [0.5, 0.6) is 11.5 Å². The predicted molar refractivity (Wildman–Crippen MR) is 119 cm³/mol. The second kappa shape index (κ2) is 8.90. The fourth-order valence-corrected chi connectivity index (χ4v) is 5.13. The Labute approximate surface area is 180 Å². The molecule has 0 unspecified atom stereocenters. The van der Waals surface area contributed by atoms with Gasteiger partial charge in [0.25, 0.3) is 5.91 Å². The van der Waals surface area contributed by atoms with Crippen molar-refractivity contribution in [3.8, 4) is 21.9 Å². The van der Waals surface area contributed by atoms with Gasteiger partial charge in [-0.1, -0.05) is 24.3 Å². The monoisotopic (exact) mass is 423 g/mol. The van der Waals surface area contributed by atoms with Gasteiger partial charge in [-0.15, -0.1) is 11.3 Å². The number of amides is 1. The highest BCUT2D eigenvalue weighted by Crippen LogP contribution is 2.40. The van der Waals surface area contributed by atoms with Crippen molar-refractivity contribution in [3.63, 3.8) is 0 Å². The molecule has 30 heavy (non-hydrogen) atoms. The van der Waals surface area contributed by atoms with Gasteiger partial charge in [0.05, 0.1) is 25.7 Å². The molecule has 156 valence electrons. The van der Waals surface area contributed by atoms with Gasteiger partial charge in [-0.2, -0.15) is 0 Å². The average Bonchev–Trinajstić information content (AvgIpc) is 3.23. The summed E-state index contributed by atoms with van der Waals surface area (Å²) in [5, 5.41) is 9.57. The Morgan fingerprint density at radius 3 is 2.63 bits per heavy atom. The molecule has 6 heteroatoms. The first kappa shape index (κ1) is 20.4. The normalized spacial score (nSPS) is 12.1. The molecule has 2 aromatic carbocycles. The van der Waals surface area contributed by atoms with Crippen LogP contribution in [0.1, 0.15) is 26.4 Å². The van der Waals surface area contributed by atoms with Crippen molar-refractivity contribution in [1.82, 2.24) is 4.90 Å². The number of aliphatic hydroxyl groups is 1. The van der Waals surface area contributed by atoms with E-state index in [2.05, 4.69) is 18.2 Å². The van der Waals surface area contributed by atoms with E-state index in [-0.39, 0.29) is 19.1 Å². The summed E-state index contributed by atoms with van der Waals surface area (Å²) in [7, 11) is 3.20. The zero-order valence-electron chi connectivity index (χ0n) is 17.2. The summed E-state index contributed by atoms with van der Waals surface area (Å²) in [5.74, 6) is 1.28. The maximum Gasteiger partial charge on any atom is 0.264 e. The first-order valence-electron chi connectivity index (χ1n) is 9.96. The van der Waals surface area contributed by atoms with Crippen molar-refractivity contribution in [2.45, 2.75) is 19.4 Å². The summed E-state index contributed by atoms with van der Waals surface area (Å²) in [6.07, 6.45) is 1.94. The molecular weight excluding hydrogens is 398 g/mol. The fraction of sp³-hybridized carbons (Fsp3) is 0.292. The SMILES string of the molecule is COc1ccc(CN(CCO)C(=O)c2cc3c(s2)-c2ccccc2CC3)c(OC)c1. The number of hydrogen-bond acceptors (Lipinski definition) is 5. The molecule has 0 saturated carbocycles. The molecule has 0 atom stereocenters. The lowest BCUT2D eigenvalue weighted by Crippen LogP contribution is -2.32. The topological polar surface area (TPSA) is 59.0 Å². The number of benzene rings is 2. The van der Waals surface area contributed by atoms with E-state index in [4.69, 9.17) is 9.47 Å². The van der Waals surface area contributed by atoms with E-state index >= 15 is 0 Å². The molecule has 0 bridgehead atoms. The predicted octanol–water partition coefficient (Wildman–Crippen LogP) is 4.17. The van der Waals surface area contributed by atoms with Crippen LogP contribution in [0.15, 0.2) is 48.5 Å². The summed E-state index contributed by atoms with van der Waals surface area (Å²) >= 11 is 1.54. The molecule has 3 aromatic rings. The Balaban J connectivity index is 1.62. The Kier molecular flexibility index (Phi) is 6.06. The molecule has 1 heterocycles. The highest BCUT2D eigenvalue weighted by atomic mass is 32.1. The Morgan fingerprint density at radius 1 is 1.07 bits per heavy atom. The van der Waals surface area contributed by atoms with Crippen molar-refractivity contribution >= 4 is 17.2 Å². The van der Waals surface area contributed by atoms with Gasteiger partial charge in [-0.05, 0) is 47.7 Å². The Morgan fingerprint density at radius 2 is 1.87 bits per heavy atom. The number of rotatable bonds is 7. The van der Waals surface area contributed by atoms with Crippen molar-refractivity contribution in [1.29, 1.82) is 0 Å². The summed E-state index contributed by atoms with van der Waals surface area (Å²) in [5.41, 5.74) is 4.66. The molecule has 1 amide bonds. The van der Waals surface area contributed by atoms with E-state index in [1.54, 1.807) is 36.5 Å². The summed E-state index contributed by atoms with van der Waals surface area (Å²) in [4.78, 5) is 16.9. The highest BCUT2D eigenvalue weighted by Gasteiger charge is 2.24. The Hall–Kier alpha value is -2.83. The molecule has 0 spiro atoms. The molecule has 1 aromatic heterocycles. The largest absolute Gasteiger partial charge is 0.497 e. The number of carbonyl (C=O) groups excluding carboxylic acids is 1. The van der Waals surface area contributed by atoms with Crippen LogP contribution < -0.4 is 9.47 Å². The summed E-state index contributed by atoms with van der Waals surface area (Å²) < 4.78 is 10.7. The number of carbonyl (C=O) groups is 1. The third-order valence-corrected chi connectivity index (χ3v) is 6.66. The van der Waals surface area contributed by atoms with Crippen molar-refractivity contribution < 1.29 is 19.4 Å². The molecule has 0 radical (unpaired) electrons. The average molecular weight is 424 g/mol. The lowest BCUT2D eigenvalue weighted by molar-refractivity contribution is 0.0711. The molecule has 1 aliphatic carbocycles. The van der Waals surface area contributed by atoms with Crippen molar-refractivity contribution in [3.05, 3.63) is 70.1 Å². The van der Waals surface area contributed by atoms with E-state index in [1.165, 1.54) is 21.6 Å². The van der Waals surface area contributed by atoms with Gasteiger partial charge in [0.1, 0.15) is 11.5 Å². The number of thiophene rings is 1. The minimum absolute atomic E-state index is 0.0706. The maximum absolute atomic E-state index is 13.4. The third kappa shape index (κ3) is 3.93. The number of aliphatic hydroxyl groups excluding tert-OH is 1. The zero-order valence-corrected chi connectivity index (χ0v) is 18.0. The van der Waals surface area contributed by atoms with Crippen LogP contribution in [-0.4, -0.2) is 43.3 Å². The van der Waals surface area contributed by atoms with Crippen LogP contribution in [-0.2, 0) is 19.4 Å². The highest BCUT2D eigenvalue weighted by molar-refractivity contribution is 7.17. The number of fused-ring (bicyclic) bond motifs is 3. The van der Waals surface area contributed by atoms with Gasteiger partial charge in [-0.25, -0.2) is 0 Å². The number of methoxy groups -OCH3 is 2. The number of hydrogen-bond donors (Lipinski definition) is 1. The van der Waals surface area contributed by atoms with Crippen LogP contribution in [0.4, 0.5) is 0 Å². The van der Waals surface area contributed by atoms with Crippen LogP contribution >= 0.6 is 11.3 Å². The minimum atomic E-state index is -0.0991. The number of nitrogens with zero attached hydrogens (tertiary/aromatic N) is 1. The fourth-order valence-electron chi connectivity index (χ4n) is 3.89.